The van der Waals surface area contributed by atoms with Crippen LogP contribution in [0.25, 0.3) is 0 Å². The van der Waals surface area contributed by atoms with Gasteiger partial charge in [0, 0.05) is 18.7 Å². The molecule has 0 saturated heterocycles. The van der Waals surface area contributed by atoms with Gasteiger partial charge in [0.05, 0.1) is 7.11 Å². The molecule has 0 radical (unpaired) electrons. The Morgan fingerprint density at radius 1 is 1.39 bits per heavy atom. The zero-order valence-electron chi connectivity index (χ0n) is 11.9. The first kappa shape index (κ1) is 17.1. The molecule has 0 aliphatic carbocycles. The van der Waals surface area contributed by atoms with Gasteiger partial charge in [-0.2, -0.15) is 0 Å². The lowest BCUT2D eigenvalue weighted by Crippen LogP contribution is -2.24. The molecule has 0 aliphatic rings. The normalized spacial score (nSPS) is 13.4. The Balaban J connectivity index is 4.00. The number of methoxy groups -OCH3 is 1. The molecule has 0 aliphatic heterocycles. The topological polar surface area (TPSA) is 58.6 Å². The van der Waals surface area contributed by atoms with E-state index in [9.17, 15) is 4.79 Å². The van der Waals surface area contributed by atoms with Crippen LogP contribution in [0.15, 0.2) is 11.6 Å². The molecule has 18 heavy (non-hydrogen) atoms. The maximum Gasteiger partial charge on any atom is 0.333 e. The van der Waals surface area contributed by atoms with Crippen LogP contribution < -0.4 is 5.32 Å². The SMILES string of the molecule is CCCC(CCO)CNC/C=C(/CC)C(=O)OC. The van der Waals surface area contributed by atoms with Gasteiger partial charge in [0.1, 0.15) is 0 Å². The molecule has 0 aromatic heterocycles. The number of ether oxygens (including phenoxy) is 1. The number of aliphatic hydroxyl groups is 1. The average molecular weight is 257 g/mol. The van der Waals surface area contributed by atoms with E-state index in [1.54, 1.807) is 0 Å². The van der Waals surface area contributed by atoms with Crippen LogP contribution in [0.2, 0.25) is 0 Å². The molecule has 106 valence electrons. The number of nitrogens with one attached hydrogen (secondary N) is 1. The second-order valence-corrected chi connectivity index (χ2v) is 4.40. The van der Waals surface area contributed by atoms with Gasteiger partial charge in [0.15, 0.2) is 0 Å². The Morgan fingerprint density at radius 3 is 2.61 bits per heavy atom. The maximum absolute atomic E-state index is 11.3. The summed E-state index contributed by atoms with van der Waals surface area (Å²) >= 11 is 0. The van der Waals surface area contributed by atoms with Crippen LogP contribution in [-0.4, -0.2) is 37.9 Å². The van der Waals surface area contributed by atoms with Gasteiger partial charge in [0.25, 0.3) is 0 Å². The highest BCUT2D eigenvalue weighted by Gasteiger charge is 2.07. The third kappa shape index (κ3) is 7.45. The smallest absolute Gasteiger partial charge is 0.333 e. The number of carbonyl (C=O) groups is 1. The van der Waals surface area contributed by atoms with E-state index >= 15 is 0 Å². The van der Waals surface area contributed by atoms with Gasteiger partial charge in [-0.05, 0) is 31.7 Å². The van der Waals surface area contributed by atoms with Crippen molar-refractivity contribution >= 4 is 5.97 Å². The number of rotatable bonds is 10. The second-order valence-electron chi connectivity index (χ2n) is 4.40. The Morgan fingerprint density at radius 2 is 2.11 bits per heavy atom. The van der Waals surface area contributed by atoms with Crippen molar-refractivity contribution in [3.8, 4) is 0 Å². The molecule has 0 bridgehead atoms. The van der Waals surface area contributed by atoms with E-state index in [0.29, 0.717) is 24.5 Å². The molecular weight excluding hydrogens is 230 g/mol. The Labute approximate surface area is 110 Å². The van der Waals surface area contributed by atoms with E-state index in [2.05, 4.69) is 12.2 Å². The number of hydrogen-bond donors (Lipinski definition) is 2. The summed E-state index contributed by atoms with van der Waals surface area (Å²) in [7, 11) is 1.40. The molecule has 0 amide bonds. The lowest BCUT2D eigenvalue weighted by molar-refractivity contribution is -0.136. The van der Waals surface area contributed by atoms with Crippen molar-refractivity contribution in [2.24, 2.45) is 5.92 Å². The van der Waals surface area contributed by atoms with Gasteiger partial charge in [-0.3, -0.25) is 0 Å². The molecule has 0 saturated carbocycles. The lowest BCUT2D eigenvalue weighted by Gasteiger charge is -2.15. The number of carbonyl (C=O) groups excluding carboxylic acids is 1. The van der Waals surface area contributed by atoms with Gasteiger partial charge in [-0.1, -0.05) is 26.3 Å². The Bertz CT molecular complexity index is 245. The first-order valence-electron chi connectivity index (χ1n) is 6.78. The minimum atomic E-state index is -0.250. The second kappa shape index (κ2) is 11.2. The van der Waals surface area contributed by atoms with Crippen molar-refractivity contribution < 1.29 is 14.6 Å². The van der Waals surface area contributed by atoms with Crippen LogP contribution in [0.5, 0.6) is 0 Å². The molecule has 0 heterocycles. The average Bonchev–Trinajstić information content (AvgIpc) is 2.38. The quantitative estimate of drug-likeness (QED) is 0.356. The van der Waals surface area contributed by atoms with E-state index in [0.717, 1.165) is 25.8 Å². The molecule has 0 rings (SSSR count). The lowest BCUT2D eigenvalue weighted by atomic mass is 10.0. The van der Waals surface area contributed by atoms with Crippen LogP contribution in [0, 0.1) is 5.92 Å². The molecule has 4 nitrogen and oxygen atoms in total. The zero-order chi connectivity index (χ0) is 13.8. The third-order valence-corrected chi connectivity index (χ3v) is 2.99. The fraction of sp³-hybridized carbons (Fsp3) is 0.786. The summed E-state index contributed by atoms with van der Waals surface area (Å²) in [6.07, 6.45) is 5.65. The molecule has 1 unspecified atom stereocenters. The molecule has 0 aromatic carbocycles. The summed E-state index contributed by atoms with van der Waals surface area (Å²) in [5.74, 6) is 0.261. The minimum absolute atomic E-state index is 0.241. The van der Waals surface area contributed by atoms with Crippen LogP contribution in [-0.2, 0) is 9.53 Å². The number of hydrogen-bond acceptors (Lipinski definition) is 4. The van der Waals surface area contributed by atoms with Gasteiger partial charge >= 0.3 is 5.97 Å². The molecule has 2 N–H and O–H groups in total. The van der Waals surface area contributed by atoms with Gasteiger partial charge in [-0.15, -0.1) is 0 Å². The predicted molar refractivity (Wildman–Crippen MR) is 73.4 cm³/mol. The summed E-state index contributed by atoms with van der Waals surface area (Å²) in [4.78, 5) is 11.3. The van der Waals surface area contributed by atoms with Crippen LogP contribution in [0.3, 0.4) is 0 Å². The van der Waals surface area contributed by atoms with E-state index in [-0.39, 0.29) is 12.6 Å². The van der Waals surface area contributed by atoms with Crippen molar-refractivity contribution in [1.82, 2.24) is 5.32 Å². The monoisotopic (exact) mass is 257 g/mol. The summed E-state index contributed by atoms with van der Waals surface area (Å²) in [5, 5.41) is 12.3. The summed E-state index contributed by atoms with van der Waals surface area (Å²) < 4.78 is 4.69. The number of esters is 1. The minimum Gasteiger partial charge on any atom is -0.466 e. The first-order valence-corrected chi connectivity index (χ1v) is 6.78. The van der Waals surface area contributed by atoms with Gasteiger partial charge in [-0.25, -0.2) is 4.79 Å². The molecule has 0 spiro atoms. The predicted octanol–water partition coefficient (Wildman–Crippen LogP) is 1.88. The third-order valence-electron chi connectivity index (χ3n) is 2.99. The molecule has 4 heteroatoms. The van der Waals surface area contributed by atoms with Crippen molar-refractivity contribution in [3.05, 3.63) is 11.6 Å². The highest BCUT2D eigenvalue weighted by molar-refractivity contribution is 5.88. The zero-order valence-corrected chi connectivity index (χ0v) is 11.9. The first-order chi connectivity index (χ1) is 8.69. The fourth-order valence-electron chi connectivity index (χ4n) is 1.93. The summed E-state index contributed by atoms with van der Waals surface area (Å²) in [6, 6.07) is 0. The molecule has 1 atom stereocenters. The molecule has 0 fully saturated rings. The Kier molecular flexibility index (Phi) is 10.7. The molecule has 0 aromatic rings. The van der Waals surface area contributed by atoms with Crippen molar-refractivity contribution in [1.29, 1.82) is 0 Å². The van der Waals surface area contributed by atoms with Crippen molar-refractivity contribution in [3.63, 3.8) is 0 Å². The Hall–Kier alpha value is -0.870. The summed E-state index contributed by atoms with van der Waals surface area (Å²) in [6.45, 7) is 5.88. The van der Waals surface area contributed by atoms with Crippen LogP contribution in [0.4, 0.5) is 0 Å². The van der Waals surface area contributed by atoms with Crippen LogP contribution >= 0.6 is 0 Å². The van der Waals surface area contributed by atoms with E-state index in [4.69, 9.17) is 9.84 Å². The summed E-state index contributed by atoms with van der Waals surface area (Å²) in [5.41, 5.74) is 0.708. The van der Waals surface area contributed by atoms with E-state index in [1.807, 2.05) is 13.0 Å². The van der Waals surface area contributed by atoms with Crippen molar-refractivity contribution in [2.45, 2.75) is 39.5 Å². The van der Waals surface area contributed by atoms with Crippen molar-refractivity contribution in [2.75, 3.05) is 26.8 Å². The molecular formula is C14H27NO3. The van der Waals surface area contributed by atoms with E-state index in [1.165, 1.54) is 7.11 Å². The van der Waals surface area contributed by atoms with E-state index < -0.39 is 0 Å². The van der Waals surface area contributed by atoms with Gasteiger partial charge < -0.3 is 15.2 Å². The van der Waals surface area contributed by atoms with Gasteiger partial charge in [0.2, 0.25) is 0 Å². The highest BCUT2D eigenvalue weighted by atomic mass is 16.5. The highest BCUT2D eigenvalue weighted by Crippen LogP contribution is 2.09. The standard InChI is InChI=1S/C14H27NO3/c1-4-6-12(8-10-16)11-15-9-7-13(5-2)14(17)18-3/h7,12,15-16H,4-6,8-11H2,1-3H3/b13-7-. The van der Waals surface area contributed by atoms with Crippen LogP contribution in [0.1, 0.15) is 39.5 Å². The maximum atomic E-state index is 11.3. The fourth-order valence-corrected chi connectivity index (χ4v) is 1.93. The number of aliphatic hydroxyl groups excluding tert-OH is 1. The largest absolute Gasteiger partial charge is 0.466 e.